The molecule has 0 unspecified atom stereocenters. The number of hydrogen-bond acceptors (Lipinski definition) is 11. The number of rotatable bonds is 12. The van der Waals surface area contributed by atoms with Gasteiger partial charge in [-0.3, -0.25) is 4.79 Å². The number of amides is 2. The summed E-state index contributed by atoms with van der Waals surface area (Å²) >= 11 is 0. The number of fused-ring (bicyclic) bond motifs is 1. The van der Waals surface area contributed by atoms with Crippen molar-refractivity contribution >= 4 is 48.4 Å². The van der Waals surface area contributed by atoms with Crippen LogP contribution in [0.1, 0.15) is 26.6 Å². The summed E-state index contributed by atoms with van der Waals surface area (Å²) in [6, 6.07) is 12.7. The molecular weight excluding hydrogens is 667 g/mol. The van der Waals surface area contributed by atoms with Crippen LogP contribution in [-0.2, 0) is 32.2 Å². The van der Waals surface area contributed by atoms with Crippen molar-refractivity contribution in [2.24, 2.45) is 0 Å². The van der Waals surface area contributed by atoms with E-state index in [1.807, 2.05) is 49.9 Å². The molecule has 2 aliphatic rings. The van der Waals surface area contributed by atoms with Gasteiger partial charge in [-0.05, 0) is 56.6 Å². The summed E-state index contributed by atoms with van der Waals surface area (Å²) in [4.78, 5) is 47.7. The van der Waals surface area contributed by atoms with Crippen molar-refractivity contribution < 1.29 is 23.8 Å². The molecule has 3 aromatic heterocycles. The molecule has 0 bridgehead atoms. The summed E-state index contributed by atoms with van der Waals surface area (Å²) in [5.74, 6) is 1.80. The number of ether oxygens (including phenoxy) is 3. The van der Waals surface area contributed by atoms with Crippen LogP contribution in [0.25, 0.3) is 22.3 Å². The van der Waals surface area contributed by atoms with Crippen LogP contribution >= 0.6 is 0 Å². The van der Waals surface area contributed by atoms with E-state index in [0.717, 1.165) is 47.2 Å². The fourth-order valence-electron chi connectivity index (χ4n) is 5.94. The molecule has 2 amide bonds. The number of morpholine rings is 1. The zero-order valence-electron chi connectivity index (χ0n) is 30.4. The van der Waals surface area contributed by atoms with Gasteiger partial charge in [0.05, 0.1) is 36.8 Å². The van der Waals surface area contributed by atoms with Crippen molar-refractivity contribution in [1.29, 1.82) is 0 Å². The maximum Gasteiger partial charge on any atom is 0.407 e. The standard InChI is InChI=1S/C36H49N9O5Si/c1-36(2,3)50-35(47)41-27-21-44(22-27)31-11-12-37-30(42-31)20-32(46)40-26-9-7-25(8-10-26)29-19-28-33(43-13-15-48-16-14-43)38-23-39-34(28)45(29)24-49-17-18-51(4,5)6/h7-12,19,23,27H,13-18,20-22,24H2,1-6H3,(H,40,46)(H,41,47). The van der Waals surface area contributed by atoms with Gasteiger partial charge in [0.2, 0.25) is 5.91 Å². The maximum atomic E-state index is 13.1. The van der Waals surface area contributed by atoms with Crippen molar-refractivity contribution in [2.45, 2.75) is 71.3 Å². The number of carbonyl (C=O) groups excluding carboxylic acids is 2. The molecule has 2 N–H and O–H groups in total. The first-order chi connectivity index (χ1) is 24.3. The van der Waals surface area contributed by atoms with E-state index in [0.29, 0.717) is 57.0 Å². The lowest BCUT2D eigenvalue weighted by molar-refractivity contribution is -0.115. The molecule has 15 heteroatoms. The quantitative estimate of drug-likeness (QED) is 0.152. The van der Waals surface area contributed by atoms with Gasteiger partial charge in [-0.15, -0.1) is 0 Å². The molecule has 51 heavy (non-hydrogen) atoms. The Bertz CT molecular complexity index is 1830. The van der Waals surface area contributed by atoms with E-state index in [4.69, 9.17) is 14.2 Å². The minimum Gasteiger partial charge on any atom is -0.444 e. The van der Waals surface area contributed by atoms with E-state index in [9.17, 15) is 9.59 Å². The highest BCUT2D eigenvalue weighted by atomic mass is 28.3. The molecule has 0 saturated carbocycles. The fourth-order valence-corrected chi connectivity index (χ4v) is 6.69. The predicted octanol–water partition coefficient (Wildman–Crippen LogP) is 4.93. The molecule has 1 aromatic carbocycles. The first kappa shape index (κ1) is 36.2. The first-order valence-corrected chi connectivity index (χ1v) is 21.2. The highest BCUT2D eigenvalue weighted by Crippen LogP contribution is 2.33. The van der Waals surface area contributed by atoms with Crippen molar-refractivity contribution in [3.05, 3.63) is 54.7 Å². The number of alkyl carbamates (subject to hydrolysis) is 1. The average molecular weight is 716 g/mol. The maximum absolute atomic E-state index is 13.1. The normalized spacial score (nSPS) is 15.5. The van der Waals surface area contributed by atoms with E-state index in [2.05, 4.69) is 65.7 Å². The Balaban J connectivity index is 1.11. The van der Waals surface area contributed by atoms with E-state index in [1.54, 1.807) is 18.6 Å². The molecule has 5 heterocycles. The lowest BCUT2D eigenvalue weighted by atomic mass is 10.1. The molecule has 2 saturated heterocycles. The zero-order valence-corrected chi connectivity index (χ0v) is 31.4. The zero-order chi connectivity index (χ0) is 36.2. The Labute approximate surface area is 299 Å². The Morgan fingerprint density at radius 3 is 2.45 bits per heavy atom. The number of hydrogen-bond donors (Lipinski definition) is 2. The minimum atomic E-state index is -1.25. The minimum absolute atomic E-state index is 0.0228. The second-order valence-electron chi connectivity index (χ2n) is 15.2. The lowest BCUT2D eigenvalue weighted by Crippen LogP contribution is -2.60. The molecule has 272 valence electrons. The Hall–Kier alpha value is -4.60. The first-order valence-electron chi connectivity index (χ1n) is 17.5. The van der Waals surface area contributed by atoms with Gasteiger partial charge in [-0.25, -0.2) is 24.7 Å². The summed E-state index contributed by atoms with van der Waals surface area (Å²) in [5, 5.41) is 6.82. The smallest absolute Gasteiger partial charge is 0.407 e. The third kappa shape index (κ3) is 9.59. The molecule has 0 atom stereocenters. The molecule has 6 rings (SSSR count). The topological polar surface area (TPSA) is 149 Å². The Morgan fingerprint density at radius 1 is 1.00 bits per heavy atom. The largest absolute Gasteiger partial charge is 0.444 e. The molecule has 4 aromatic rings. The fraction of sp³-hybridized carbons (Fsp3) is 0.500. The van der Waals surface area contributed by atoms with Gasteiger partial charge >= 0.3 is 6.09 Å². The van der Waals surface area contributed by atoms with Gasteiger partial charge in [0.15, 0.2) is 0 Å². The molecule has 14 nitrogen and oxygen atoms in total. The summed E-state index contributed by atoms with van der Waals surface area (Å²) in [6.07, 6.45) is 2.86. The van der Waals surface area contributed by atoms with Crippen LogP contribution < -0.4 is 20.4 Å². The number of benzene rings is 1. The van der Waals surface area contributed by atoms with Crippen LogP contribution in [0.15, 0.2) is 48.9 Å². The Morgan fingerprint density at radius 2 is 1.75 bits per heavy atom. The van der Waals surface area contributed by atoms with Crippen molar-refractivity contribution in [1.82, 2.24) is 29.8 Å². The van der Waals surface area contributed by atoms with Crippen LogP contribution in [-0.4, -0.2) is 102 Å². The Kier molecular flexibility index (Phi) is 10.9. The monoisotopic (exact) mass is 715 g/mol. The van der Waals surface area contributed by atoms with Crippen LogP contribution in [0.2, 0.25) is 25.7 Å². The summed E-state index contributed by atoms with van der Waals surface area (Å²) in [7, 11) is -1.25. The van der Waals surface area contributed by atoms with Gasteiger partial charge in [0.1, 0.15) is 41.8 Å². The van der Waals surface area contributed by atoms with Crippen molar-refractivity contribution in [3.63, 3.8) is 0 Å². The molecule has 2 fully saturated rings. The second kappa shape index (κ2) is 15.3. The van der Waals surface area contributed by atoms with Gasteiger partial charge < -0.3 is 39.2 Å². The number of anilines is 3. The summed E-state index contributed by atoms with van der Waals surface area (Å²) in [6.45, 7) is 17.7. The molecule has 0 radical (unpaired) electrons. The summed E-state index contributed by atoms with van der Waals surface area (Å²) < 4.78 is 19.3. The van der Waals surface area contributed by atoms with Crippen LogP contribution in [0.3, 0.4) is 0 Å². The number of carbonyl (C=O) groups is 2. The second-order valence-corrected chi connectivity index (χ2v) is 20.8. The van der Waals surface area contributed by atoms with E-state index < -0.39 is 19.8 Å². The van der Waals surface area contributed by atoms with Crippen LogP contribution in [0, 0.1) is 0 Å². The molecular formula is C36H49N9O5Si. The van der Waals surface area contributed by atoms with Crippen molar-refractivity contribution in [2.75, 3.05) is 61.1 Å². The number of nitrogens with zero attached hydrogens (tertiary/aromatic N) is 7. The molecule has 2 aliphatic heterocycles. The highest BCUT2D eigenvalue weighted by Gasteiger charge is 2.31. The lowest BCUT2D eigenvalue weighted by Gasteiger charge is -2.40. The van der Waals surface area contributed by atoms with Gasteiger partial charge in [0.25, 0.3) is 0 Å². The molecule has 0 spiro atoms. The highest BCUT2D eigenvalue weighted by molar-refractivity contribution is 6.76. The van der Waals surface area contributed by atoms with Gasteiger partial charge in [0, 0.05) is 52.7 Å². The van der Waals surface area contributed by atoms with Crippen LogP contribution in [0.5, 0.6) is 0 Å². The van der Waals surface area contributed by atoms with Gasteiger partial charge in [-0.2, -0.15) is 0 Å². The third-order valence-electron chi connectivity index (χ3n) is 8.60. The number of nitrogens with one attached hydrogen (secondary N) is 2. The number of aromatic nitrogens is 5. The van der Waals surface area contributed by atoms with E-state index >= 15 is 0 Å². The van der Waals surface area contributed by atoms with Gasteiger partial charge in [-0.1, -0.05) is 31.8 Å². The SMILES string of the molecule is CC(C)(C)OC(=O)NC1CN(c2ccnc(CC(=O)Nc3ccc(-c4cc5c(N6CCOCC6)ncnc5n4COCC[Si](C)(C)C)cc3)n2)C1. The summed E-state index contributed by atoms with van der Waals surface area (Å²) in [5.41, 5.74) is 2.87. The molecule has 0 aliphatic carbocycles. The average Bonchev–Trinajstić information content (AvgIpc) is 3.43. The van der Waals surface area contributed by atoms with Crippen molar-refractivity contribution in [3.8, 4) is 11.3 Å². The van der Waals surface area contributed by atoms with E-state index in [-0.39, 0.29) is 18.4 Å². The van der Waals surface area contributed by atoms with E-state index in [1.165, 1.54) is 0 Å². The van der Waals surface area contributed by atoms with Crippen LogP contribution in [0.4, 0.5) is 22.1 Å². The third-order valence-corrected chi connectivity index (χ3v) is 10.3. The predicted molar refractivity (Wildman–Crippen MR) is 200 cm³/mol.